The molecule has 2 heterocycles. The molecule has 2 rings (SSSR count). The molecule has 0 unspecified atom stereocenters. The lowest BCUT2D eigenvalue weighted by Crippen LogP contribution is -2.40. The molecule has 0 bridgehead atoms. The molecule has 1 aliphatic rings. The summed E-state index contributed by atoms with van der Waals surface area (Å²) in [5.41, 5.74) is 1.05. The number of piperidine rings is 1. The number of anilines is 1. The smallest absolute Gasteiger partial charge is 0.152 e. The number of rotatable bonds is 2. The molecule has 16 heavy (non-hydrogen) atoms. The third kappa shape index (κ3) is 2.83. The van der Waals surface area contributed by atoms with Gasteiger partial charge in [-0.25, -0.2) is 0 Å². The van der Waals surface area contributed by atoms with Gasteiger partial charge in [0.25, 0.3) is 0 Å². The summed E-state index contributed by atoms with van der Waals surface area (Å²) in [4.78, 5) is 2.33. The molecule has 1 aromatic rings. The molecule has 0 aromatic carbocycles. The molecule has 0 spiro atoms. The van der Waals surface area contributed by atoms with Crippen molar-refractivity contribution in [3.63, 3.8) is 0 Å². The number of hydrogen-bond donors (Lipinski definition) is 1. The Bertz CT molecular complexity index is 369. The first kappa shape index (κ1) is 11.6. The maximum absolute atomic E-state index is 5.77. The zero-order valence-electron chi connectivity index (χ0n) is 9.70. The normalized spacial score (nSPS) is 22.1. The van der Waals surface area contributed by atoms with Gasteiger partial charge in [-0.2, -0.15) is 0 Å². The molecule has 1 saturated heterocycles. The maximum atomic E-state index is 5.77. The van der Waals surface area contributed by atoms with Gasteiger partial charge in [-0.05, 0) is 45.0 Å². The third-order valence-corrected chi connectivity index (χ3v) is 3.10. The molecule has 88 valence electrons. The second-order valence-corrected chi connectivity index (χ2v) is 4.83. The molecular formula is C11H17ClN4. The van der Waals surface area contributed by atoms with Crippen LogP contribution in [-0.4, -0.2) is 41.3 Å². The average molecular weight is 241 g/mol. The Kier molecular flexibility index (Phi) is 3.61. The van der Waals surface area contributed by atoms with Gasteiger partial charge in [0.1, 0.15) is 0 Å². The molecule has 1 N–H and O–H groups in total. The van der Waals surface area contributed by atoms with Crippen molar-refractivity contribution in [1.29, 1.82) is 0 Å². The maximum Gasteiger partial charge on any atom is 0.152 e. The van der Waals surface area contributed by atoms with Gasteiger partial charge in [-0.3, -0.25) is 0 Å². The highest BCUT2D eigenvalue weighted by molar-refractivity contribution is 6.29. The van der Waals surface area contributed by atoms with Crippen LogP contribution in [0.15, 0.2) is 6.07 Å². The average Bonchev–Trinajstić information content (AvgIpc) is 2.22. The van der Waals surface area contributed by atoms with Crippen LogP contribution < -0.4 is 5.32 Å². The number of aryl methyl sites for hydroxylation is 1. The van der Waals surface area contributed by atoms with Crippen LogP contribution in [-0.2, 0) is 0 Å². The summed E-state index contributed by atoms with van der Waals surface area (Å²) in [5, 5.41) is 11.8. The van der Waals surface area contributed by atoms with Crippen molar-refractivity contribution in [3.8, 4) is 0 Å². The van der Waals surface area contributed by atoms with Gasteiger partial charge in [-0.15, -0.1) is 10.2 Å². The van der Waals surface area contributed by atoms with E-state index in [9.17, 15) is 0 Å². The lowest BCUT2D eigenvalue weighted by Gasteiger charge is -2.30. The van der Waals surface area contributed by atoms with Crippen molar-refractivity contribution >= 4 is 17.4 Å². The monoisotopic (exact) mass is 240 g/mol. The van der Waals surface area contributed by atoms with Gasteiger partial charge in [-0.1, -0.05) is 11.6 Å². The molecule has 1 aromatic heterocycles. The van der Waals surface area contributed by atoms with Crippen molar-refractivity contribution in [2.75, 3.05) is 25.5 Å². The topological polar surface area (TPSA) is 41.1 Å². The van der Waals surface area contributed by atoms with Crippen molar-refractivity contribution in [2.24, 2.45) is 0 Å². The number of likely N-dealkylation sites (N-methyl/N-ethyl adjacent to an activating group) is 1. The zero-order chi connectivity index (χ0) is 11.5. The summed E-state index contributed by atoms with van der Waals surface area (Å²) in [6.45, 7) is 4.24. The van der Waals surface area contributed by atoms with Crippen molar-refractivity contribution in [2.45, 2.75) is 25.8 Å². The van der Waals surface area contributed by atoms with E-state index in [-0.39, 0.29) is 0 Å². The first-order chi connectivity index (χ1) is 7.65. The largest absolute Gasteiger partial charge is 0.364 e. The summed E-state index contributed by atoms with van der Waals surface area (Å²) in [6, 6.07) is 2.30. The highest BCUT2D eigenvalue weighted by Crippen LogP contribution is 2.17. The highest BCUT2D eigenvalue weighted by atomic mass is 35.5. The van der Waals surface area contributed by atoms with Gasteiger partial charge in [0, 0.05) is 12.6 Å². The number of likely N-dealkylation sites (tertiary alicyclic amines) is 1. The Balaban J connectivity index is 2.02. The van der Waals surface area contributed by atoms with Crippen molar-refractivity contribution in [1.82, 2.24) is 15.1 Å². The summed E-state index contributed by atoms with van der Waals surface area (Å²) in [6.07, 6.45) is 2.42. The van der Waals surface area contributed by atoms with Crippen LogP contribution in [0.1, 0.15) is 18.4 Å². The minimum Gasteiger partial charge on any atom is -0.364 e. The summed E-state index contributed by atoms with van der Waals surface area (Å²) in [5.74, 6) is 0.852. The summed E-state index contributed by atoms with van der Waals surface area (Å²) >= 11 is 5.77. The first-order valence-electron chi connectivity index (χ1n) is 5.60. The van der Waals surface area contributed by atoms with E-state index < -0.39 is 0 Å². The number of hydrogen-bond acceptors (Lipinski definition) is 4. The molecule has 1 atom stereocenters. The van der Waals surface area contributed by atoms with Crippen molar-refractivity contribution in [3.05, 3.63) is 16.8 Å². The number of aromatic nitrogens is 2. The molecule has 1 fully saturated rings. The first-order valence-corrected chi connectivity index (χ1v) is 5.98. The van der Waals surface area contributed by atoms with Gasteiger partial charge in [0.05, 0.1) is 0 Å². The SMILES string of the molecule is Cc1cc(Cl)nnc1N[C@@H]1CCCN(C)C1. The number of nitrogens with one attached hydrogen (secondary N) is 1. The van der Waals surface area contributed by atoms with E-state index in [0.29, 0.717) is 11.2 Å². The standard InChI is InChI=1S/C11H17ClN4/c1-8-6-10(12)14-15-11(8)13-9-4-3-5-16(2)7-9/h6,9H,3-5,7H2,1-2H3,(H,13,15)/t9-/m1/s1. The lowest BCUT2D eigenvalue weighted by atomic mass is 10.1. The number of halogens is 1. The second kappa shape index (κ2) is 4.97. The molecule has 5 heteroatoms. The lowest BCUT2D eigenvalue weighted by molar-refractivity contribution is 0.260. The van der Waals surface area contributed by atoms with Gasteiger partial charge >= 0.3 is 0 Å². The van der Waals surface area contributed by atoms with Gasteiger partial charge in [0.15, 0.2) is 11.0 Å². The Morgan fingerprint density at radius 3 is 3.00 bits per heavy atom. The summed E-state index contributed by atoms with van der Waals surface area (Å²) in [7, 11) is 2.15. The number of nitrogens with zero attached hydrogens (tertiary/aromatic N) is 3. The fraction of sp³-hybridized carbons (Fsp3) is 0.636. The fourth-order valence-corrected chi connectivity index (χ4v) is 2.27. The van der Waals surface area contributed by atoms with Crippen LogP contribution in [0.25, 0.3) is 0 Å². The zero-order valence-corrected chi connectivity index (χ0v) is 10.5. The molecule has 1 aliphatic heterocycles. The van der Waals surface area contributed by atoms with Crippen LogP contribution in [0, 0.1) is 6.92 Å². The predicted molar refractivity (Wildman–Crippen MR) is 65.9 cm³/mol. The minimum absolute atomic E-state index is 0.448. The molecule has 0 amide bonds. The molecular weight excluding hydrogens is 224 g/mol. The Labute approximate surface area is 101 Å². The second-order valence-electron chi connectivity index (χ2n) is 4.44. The Morgan fingerprint density at radius 2 is 2.31 bits per heavy atom. The Hall–Kier alpha value is -0.870. The highest BCUT2D eigenvalue weighted by Gasteiger charge is 2.17. The minimum atomic E-state index is 0.448. The van der Waals surface area contributed by atoms with E-state index in [1.807, 2.05) is 13.0 Å². The van der Waals surface area contributed by atoms with Crippen LogP contribution in [0.2, 0.25) is 5.15 Å². The molecule has 4 nitrogen and oxygen atoms in total. The van der Waals surface area contributed by atoms with Crippen LogP contribution >= 0.6 is 11.6 Å². The van der Waals surface area contributed by atoms with E-state index in [1.54, 1.807) is 0 Å². The van der Waals surface area contributed by atoms with Crippen LogP contribution in [0.3, 0.4) is 0 Å². The molecule has 0 radical (unpaired) electrons. The van der Waals surface area contributed by atoms with E-state index in [2.05, 4.69) is 27.5 Å². The van der Waals surface area contributed by atoms with Crippen LogP contribution in [0.4, 0.5) is 5.82 Å². The quantitative estimate of drug-likeness (QED) is 0.858. The van der Waals surface area contributed by atoms with E-state index in [0.717, 1.165) is 17.9 Å². The molecule has 0 saturated carbocycles. The van der Waals surface area contributed by atoms with E-state index in [1.165, 1.54) is 19.4 Å². The predicted octanol–water partition coefficient (Wildman–Crippen LogP) is 1.94. The van der Waals surface area contributed by atoms with E-state index >= 15 is 0 Å². The van der Waals surface area contributed by atoms with Gasteiger partial charge < -0.3 is 10.2 Å². The third-order valence-electron chi connectivity index (χ3n) is 2.92. The van der Waals surface area contributed by atoms with E-state index in [4.69, 9.17) is 11.6 Å². The van der Waals surface area contributed by atoms with Crippen molar-refractivity contribution < 1.29 is 0 Å². The molecule has 0 aliphatic carbocycles. The Morgan fingerprint density at radius 1 is 1.50 bits per heavy atom. The fourth-order valence-electron chi connectivity index (χ4n) is 2.07. The van der Waals surface area contributed by atoms with Gasteiger partial charge in [0.2, 0.25) is 0 Å². The van der Waals surface area contributed by atoms with Crippen LogP contribution in [0.5, 0.6) is 0 Å². The summed E-state index contributed by atoms with van der Waals surface area (Å²) < 4.78 is 0.